The predicted molar refractivity (Wildman–Crippen MR) is 135 cm³/mol. The third-order valence-electron chi connectivity index (χ3n) is 4.31. The number of anilines is 1. The Morgan fingerprint density at radius 2 is 1.63 bits per heavy atom. The third kappa shape index (κ3) is 7.45. The van der Waals surface area contributed by atoms with Gasteiger partial charge in [-0.05, 0) is 73.2 Å². The number of nitrogens with zero attached hydrogens (tertiary/aromatic N) is 1. The summed E-state index contributed by atoms with van der Waals surface area (Å²) in [7, 11) is 0. The van der Waals surface area contributed by atoms with E-state index >= 15 is 0 Å². The van der Waals surface area contributed by atoms with Crippen LogP contribution in [0.4, 0.5) is 5.69 Å². The number of benzene rings is 3. The zero-order chi connectivity index (χ0) is 25.4. The molecule has 0 saturated heterocycles. The van der Waals surface area contributed by atoms with Gasteiger partial charge in [0.05, 0.1) is 28.4 Å². The Labute approximate surface area is 215 Å². The van der Waals surface area contributed by atoms with Gasteiger partial charge in [-0.3, -0.25) is 9.59 Å². The molecule has 0 aliphatic carbocycles. The number of rotatable bonds is 7. The molecule has 0 unspecified atom stereocenters. The quantitative estimate of drug-likeness (QED) is 0.140. The molecule has 2 amide bonds. The first kappa shape index (κ1) is 26.0. The van der Waals surface area contributed by atoms with Gasteiger partial charge in [-0.2, -0.15) is 5.10 Å². The molecule has 0 atom stereocenters. The van der Waals surface area contributed by atoms with Gasteiger partial charge in [0.1, 0.15) is 0 Å². The van der Waals surface area contributed by atoms with E-state index in [9.17, 15) is 14.4 Å². The largest absolute Gasteiger partial charge is 0.490 e. The molecule has 0 saturated carbocycles. The van der Waals surface area contributed by atoms with E-state index < -0.39 is 17.8 Å². The van der Waals surface area contributed by atoms with Gasteiger partial charge in [0, 0.05) is 10.7 Å². The Morgan fingerprint density at radius 1 is 0.886 bits per heavy atom. The van der Waals surface area contributed by atoms with Crippen molar-refractivity contribution in [2.75, 3.05) is 11.9 Å². The van der Waals surface area contributed by atoms with E-state index in [-0.39, 0.29) is 10.8 Å². The SMILES string of the molecule is CCOc1cc(C=NNC(=O)C(=O)Nc2ccc(Cl)c(Cl)c2)ccc1OC(=O)c1ccc(Cl)cc1. The topological polar surface area (TPSA) is 106 Å². The highest BCUT2D eigenvalue weighted by Crippen LogP contribution is 2.29. The second kappa shape index (κ2) is 12.2. The monoisotopic (exact) mass is 533 g/mol. The van der Waals surface area contributed by atoms with Crippen LogP contribution in [0.2, 0.25) is 15.1 Å². The summed E-state index contributed by atoms with van der Waals surface area (Å²) >= 11 is 17.6. The van der Waals surface area contributed by atoms with Gasteiger partial charge in [0.15, 0.2) is 11.5 Å². The van der Waals surface area contributed by atoms with Gasteiger partial charge in [-0.25, -0.2) is 10.2 Å². The van der Waals surface area contributed by atoms with Crippen LogP contribution in [0.5, 0.6) is 11.5 Å². The molecule has 3 aromatic carbocycles. The fourth-order valence-electron chi connectivity index (χ4n) is 2.68. The average Bonchev–Trinajstić information content (AvgIpc) is 2.83. The molecule has 11 heteroatoms. The summed E-state index contributed by atoms with van der Waals surface area (Å²) in [6, 6.07) is 15.4. The van der Waals surface area contributed by atoms with E-state index in [0.717, 1.165) is 0 Å². The molecule has 0 aliphatic rings. The molecule has 3 rings (SSSR count). The van der Waals surface area contributed by atoms with Crippen molar-refractivity contribution >= 4 is 64.5 Å². The van der Waals surface area contributed by atoms with E-state index in [1.807, 2.05) is 0 Å². The van der Waals surface area contributed by atoms with Crippen molar-refractivity contribution in [1.82, 2.24) is 5.43 Å². The second-order valence-corrected chi connectivity index (χ2v) is 8.07. The summed E-state index contributed by atoms with van der Waals surface area (Å²) in [5.41, 5.74) is 3.27. The second-order valence-electron chi connectivity index (χ2n) is 6.82. The molecule has 0 fully saturated rings. The summed E-state index contributed by atoms with van der Waals surface area (Å²) < 4.78 is 11.0. The normalized spacial score (nSPS) is 10.6. The van der Waals surface area contributed by atoms with Crippen LogP contribution < -0.4 is 20.2 Å². The van der Waals surface area contributed by atoms with Crippen LogP contribution in [-0.2, 0) is 9.59 Å². The minimum Gasteiger partial charge on any atom is -0.490 e. The fraction of sp³-hybridized carbons (Fsp3) is 0.0833. The number of hydrogen-bond acceptors (Lipinski definition) is 6. The Morgan fingerprint density at radius 3 is 2.31 bits per heavy atom. The van der Waals surface area contributed by atoms with E-state index in [1.165, 1.54) is 30.5 Å². The Kier molecular flexibility index (Phi) is 9.08. The van der Waals surface area contributed by atoms with Gasteiger partial charge in [-0.15, -0.1) is 0 Å². The lowest BCUT2D eigenvalue weighted by atomic mass is 10.2. The van der Waals surface area contributed by atoms with Crippen LogP contribution >= 0.6 is 34.8 Å². The Bertz CT molecular complexity index is 1280. The predicted octanol–water partition coefficient (Wildman–Crippen LogP) is 5.35. The number of esters is 1. The highest BCUT2D eigenvalue weighted by molar-refractivity contribution is 6.43. The number of carbonyl (C=O) groups is 3. The number of hydrogen-bond donors (Lipinski definition) is 2. The number of nitrogens with one attached hydrogen (secondary N) is 2. The first-order valence-corrected chi connectivity index (χ1v) is 11.2. The first-order valence-electron chi connectivity index (χ1n) is 10.1. The van der Waals surface area contributed by atoms with Gasteiger partial charge >= 0.3 is 17.8 Å². The summed E-state index contributed by atoms with van der Waals surface area (Å²) in [5, 5.41) is 7.20. The van der Waals surface area contributed by atoms with Crippen LogP contribution in [0, 0.1) is 0 Å². The van der Waals surface area contributed by atoms with Crippen LogP contribution in [0.1, 0.15) is 22.8 Å². The molecular formula is C24H18Cl3N3O5. The molecule has 0 bridgehead atoms. The van der Waals surface area contributed by atoms with Gasteiger partial charge in [0.2, 0.25) is 0 Å². The van der Waals surface area contributed by atoms with Gasteiger partial charge in [0.25, 0.3) is 0 Å². The van der Waals surface area contributed by atoms with Crippen LogP contribution in [0.15, 0.2) is 65.8 Å². The van der Waals surface area contributed by atoms with Gasteiger partial charge < -0.3 is 14.8 Å². The lowest BCUT2D eigenvalue weighted by molar-refractivity contribution is -0.136. The van der Waals surface area contributed by atoms with Crippen LogP contribution in [0.25, 0.3) is 0 Å². The zero-order valence-electron chi connectivity index (χ0n) is 18.2. The summed E-state index contributed by atoms with van der Waals surface area (Å²) in [6.07, 6.45) is 1.30. The van der Waals surface area contributed by atoms with Gasteiger partial charge in [-0.1, -0.05) is 34.8 Å². The molecular weight excluding hydrogens is 517 g/mol. The van der Waals surface area contributed by atoms with Crippen molar-refractivity contribution < 1.29 is 23.9 Å². The molecule has 0 spiro atoms. The highest BCUT2D eigenvalue weighted by atomic mass is 35.5. The Balaban J connectivity index is 1.63. The van der Waals surface area contributed by atoms with Crippen molar-refractivity contribution in [3.05, 3.63) is 86.9 Å². The maximum atomic E-state index is 12.4. The average molecular weight is 535 g/mol. The number of carbonyl (C=O) groups excluding carboxylic acids is 3. The minimum atomic E-state index is -0.995. The maximum Gasteiger partial charge on any atom is 0.343 e. The molecule has 180 valence electrons. The smallest absolute Gasteiger partial charge is 0.343 e. The molecule has 3 aromatic rings. The number of amides is 2. The molecule has 0 radical (unpaired) electrons. The standard InChI is InChI=1S/C24H18Cl3N3O5/c1-2-34-21-11-14(3-10-20(21)35-24(33)15-4-6-16(25)7-5-15)13-28-30-23(32)22(31)29-17-8-9-18(26)19(27)12-17/h3-13H,2H2,1H3,(H,29,31)(H,30,32). The fourth-order valence-corrected chi connectivity index (χ4v) is 3.10. The summed E-state index contributed by atoms with van der Waals surface area (Å²) in [4.78, 5) is 36.4. The highest BCUT2D eigenvalue weighted by Gasteiger charge is 2.15. The van der Waals surface area contributed by atoms with E-state index in [1.54, 1.807) is 43.3 Å². The summed E-state index contributed by atoms with van der Waals surface area (Å²) in [6.45, 7) is 2.09. The molecule has 8 nitrogen and oxygen atoms in total. The van der Waals surface area contributed by atoms with Crippen molar-refractivity contribution in [2.24, 2.45) is 5.10 Å². The maximum absolute atomic E-state index is 12.4. The van der Waals surface area contributed by atoms with E-state index in [2.05, 4.69) is 15.8 Å². The zero-order valence-corrected chi connectivity index (χ0v) is 20.4. The molecule has 0 aromatic heterocycles. The Hall–Kier alpha value is -3.59. The molecule has 0 heterocycles. The van der Waals surface area contributed by atoms with Crippen molar-refractivity contribution in [1.29, 1.82) is 0 Å². The lowest BCUT2D eigenvalue weighted by Gasteiger charge is -2.11. The van der Waals surface area contributed by atoms with Crippen molar-refractivity contribution in [2.45, 2.75) is 6.92 Å². The van der Waals surface area contributed by atoms with Crippen molar-refractivity contribution in [3.63, 3.8) is 0 Å². The van der Waals surface area contributed by atoms with Crippen LogP contribution in [0.3, 0.4) is 0 Å². The summed E-state index contributed by atoms with van der Waals surface area (Å²) in [5.74, 6) is -2.02. The van der Waals surface area contributed by atoms with Crippen LogP contribution in [-0.4, -0.2) is 30.6 Å². The number of halogens is 3. The first-order chi connectivity index (χ1) is 16.8. The lowest BCUT2D eigenvalue weighted by Crippen LogP contribution is -2.32. The number of ether oxygens (including phenoxy) is 2. The molecule has 0 aliphatic heterocycles. The van der Waals surface area contributed by atoms with Crippen molar-refractivity contribution in [3.8, 4) is 11.5 Å². The van der Waals surface area contributed by atoms with E-state index in [0.29, 0.717) is 39.2 Å². The third-order valence-corrected chi connectivity index (χ3v) is 5.30. The minimum absolute atomic E-state index is 0.203. The number of hydrazone groups is 1. The molecule has 2 N–H and O–H groups in total. The van der Waals surface area contributed by atoms with E-state index in [4.69, 9.17) is 44.3 Å². The molecule has 35 heavy (non-hydrogen) atoms.